The number of carbonyl (C=O) groups is 2. The number of aromatic hydroxyl groups is 2. The van der Waals surface area contributed by atoms with Crippen LogP contribution < -0.4 is 10.2 Å². The Hall–Kier alpha value is -3.02. The Morgan fingerprint density at radius 2 is 1.13 bits per heavy atom. The number of aliphatic carboxylic acids is 2. The third-order valence-corrected chi connectivity index (χ3v) is 3.78. The Labute approximate surface area is 191 Å². The smallest absolute Gasteiger partial charge is 0.545 e. The van der Waals surface area contributed by atoms with Gasteiger partial charge in [-0.05, 0) is 58.7 Å². The van der Waals surface area contributed by atoms with Crippen LogP contribution in [0, 0.1) is 0 Å². The summed E-state index contributed by atoms with van der Waals surface area (Å²) >= 11 is 0. The average Bonchev–Trinajstić information content (AvgIpc) is 2.67. The topological polar surface area (TPSA) is 121 Å². The van der Waals surface area contributed by atoms with Gasteiger partial charge in [-0.3, -0.25) is 8.78 Å². The van der Waals surface area contributed by atoms with Crippen molar-refractivity contribution in [3.05, 3.63) is 70.8 Å². The number of benzene rings is 2. The molecule has 0 saturated heterocycles. The molecule has 0 amide bonds. The maximum Gasteiger partial charge on any atom is 2.00 e. The number of hydrogen-bond donors (Lipinski definition) is 2. The number of hydrogen-bond acceptors (Lipinski definition) is 6. The molecule has 6 nitrogen and oxygen atoms in total. The van der Waals surface area contributed by atoms with E-state index in [-0.39, 0.29) is 44.8 Å². The minimum atomic E-state index is -1.31. The summed E-state index contributed by atoms with van der Waals surface area (Å²) in [5, 5.41) is 38.7. The zero-order valence-corrected chi connectivity index (χ0v) is 17.8. The van der Waals surface area contributed by atoms with Gasteiger partial charge in [-0.2, -0.15) is 0 Å². The number of alkyl halides is 2. The van der Waals surface area contributed by atoms with Crippen LogP contribution in [0.5, 0.6) is 11.5 Å². The second-order valence-electron chi connectivity index (χ2n) is 5.95. The molecule has 2 N–H and O–H groups in total. The molecule has 9 heteroatoms. The monoisotopic (exact) mass is 524 g/mol. The van der Waals surface area contributed by atoms with Crippen LogP contribution in [0.1, 0.15) is 22.3 Å². The first-order valence-electron chi connectivity index (χ1n) is 8.80. The summed E-state index contributed by atoms with van der Waals surface area (Å²) in [5.41, 5.74) is 2.26. The Kier molecular flexibility index (Phi) is 13.4. The van der Waals surface area contributed by atoms with Gasteiger partial charge in [-0.15, -0.1) is 0 Å². The normalized spacial score (nSPS) is 10.4. The van der Waals surface area contributed by atoms with Crippen LogP contribution in [-0.4, -0.2) is 35.5 Å². The second-order valence-corrected chi connectivity index (χ2v) is 5.95. The van der Waals surface area contributed by atoms with Crippen molar-refractivity contribution in [2.75, 3.05) is 13.3 Å². The zero-order valence-electron chi connectivity index (χ0n) is 16.2. The Morgan fingerprint density at radius 3 is 1.42 bits per heavy atom. The first kappa shape index (κ1) is 28.0. The van der Waals surface area contributed by atoms with Gasteiger partial charge in [0.15, 0.2) is 0 Å². The maximum atomic E-state index is 12.2. The number of aryl methyl sites for hydroxylation is 2. The van der Waals surface area contributed by atoms with Crippen molar-refractivity contribution in [2.45, 2.75) is 12.8 Å². The van der Waals surface area contributed by atoms with Gasteiger partial charge in [-0.25, -0.2) is 0 Å². The van der Waals surface area contributed by atoms with Gasteiger partial charge in [0.2, 0.25) is 0 Å². The molecule has 0 fully saturated rings. The first-order valence-corrected chi connectivity index (χ1v) is 8.80. The Bertz CT molecular complexity index is 853. The van der Waals surface area contributed by atoms with E-state index in [0.717, 1.165) is 12.2 Å². The molecule has 2 aromatic rings. The quantitative estimate of drug-likeness (QED) is 0.397. The number of carboxylic acid groups (broad SMARTS) is 2. The predicted octanol–water partition coefficient (Wildman–Crippen LogP) is 1.33. The molecule has 2 rings (SSSR count). The number of carbonyl (C=O) groups excluding carboxylic acids is 2. The number of phenolic OH excluding ortho intramolecular Hbond substituents is 2. The summed E-state index contributed by atoms with van der Waals surface area (Å²) in [6.07, 6.45) is 4.66. The molecule has 0 saturated carbocycles. The average molecular weight is 525 g/mol. The van der Waals surface area contributed by atoms with Crippen LogP contribution in [0.15, 0.2) is 48.6 Å². The number of phenols is 2. The van der Waals surface area contributed by atoms with E-state index < -0.39 is 25.3 Å². The van der Waals surface area contributed by atoms with Crippen LogP contribution in [-0.2, 0) is 42.9 Å². The summed E-state index contributed by atoms with van der Waals surface area (Å²) in [7, 11) is 0. The standard InChI is InChI=1S/2C11H11FO3.Pd/c2*12-6-5-9-7-10(13)3-1-8(9)2-4-11(14)15;/h2*1-4,7,13H,5-6H2,(H,14,15);/q;;+2/p-2. The van der Waals surface area contributed by atoms with Crippen LogP contribution in [0.4, 0.5) is 8.78 Å². The number of carboxylic acids is 2. The number of halogens is 2. The molecule has 2 aromatic carbocycles. The molecule has 0 unspecified atom stereocenters. The molecule has 0 heterocycles. The second kappa shape index (κ2) is 14.9. The van der Waals surface area contributed by atoms with E-state index in [0.29, 0.717) is 22.3 Å². The fourth-order valence-electron chi connectivity index (χ4n) is 2.46. The third-order valence-electron chi connectivity index (χ3n) is 3.78. The Balaban J connectivity index is 0.000000562. The summed E-state index contributed by atoms with van der Waals surface area (Å²) in [4.78, 5) is 20.4. The fourth-order valence-corrected chi connectivity index (χ4v) is 2.46. The van der Waals surface area contributed by atoms with Crippen molar-refractivity contribution in [3.8, 4) is 11.5 Å². The van der Waals surface area contributed by atoms with Gasteiger partial charge < -0.3 is 30.0 Å². The van der Waals surface area contributed by atoms with Gasteiger partial charge >= 0.3 is 20.4 Å². The van der Waals surface area contributed by atoms with E-state index in [1.165, 1.54) is 48.6 Å². The van der Waals surface area contributed by atoms with Gasteiger partial charge in [0.1, 0.15) is 11.5 Å². The third kappa shape index (κ3) is 11.1. The largest absolute Gasteiger partial charge is 2.00 e. The summed E-state index contributed by atoms with van der Waals surface area (Å²) in [5.74, 6) is -2.56. The van der Waals surface area contributed by atoms with E-state index in [1.807, 2.05) is 0 Å². The van der Waals surface area contributed by atoms with Crippen molar-refractivity contribution in [3.63, 3.8) is 0 Å². The predicted molar refractivity (Wildman–Crippen MR) is 104 cm³/mol. The molecule has 31 heavy (non-hydrogen) atoms. The minimum absolute atomic E-state index is 0. The van der Waals surface area contributed by atoms with Gasteiger partial charge in [0.25, 0.3) is 0 Å². The number of rotatable bonds is 8. The molecular weight excluding hydrogens is 505 g/mol. The molecular formula is C22H20F2O6Pd. The van der Waals surface area contributed by atoms with Crippen LogP contribution >= 0.6 is 0 Å². The molecule has 0 bridgehead atoms. The molecule has 0 spiro atoms. The molecule has 0 atom stereocenters. The molecule has 0 aliphatic rings. The SMILES string of the molecule is O=C([O-])C=Cc1ccc(O)cc1CCF.O=C([O-])C=Cc1ccc(O)cc1CCF.[Pd+2]. The van der Waals surface area contributed by atoms with E-state index in [9.17, 15) is 28.6 Å². The van der Waals surface area contributed by atoms with Crippen molar-refractivity contribution < 1.29 is 59.2 Å². The summed E-state index contributed by atoms with van der Waals surface area (Å²) < 4.78 is 24.3. The molecule has 168 valence electrons. The van der Waals surface area contributed by atoms with E-state index in [4.69, 9.17) is 10.2 Å². The van der Waals surface area contributed by atoms with Crippen LogP contribution in [0.3, 0.4) is 0 Å². The van der Waals surface area contributed by atoms with Crippen molar-refractivity contribution in [1.29, 1.82) is 0 Å². The van der Waals surface area contributed by atoms with Gasteiger partial charge in [-0.1, -0.05) is 24.3 Å². The van der Waals surface area contributed by atoms with Crippen LogP contribution in [0.2, 0.25) is 0 Å². The summed E-state index contributed by atoms with van der Waals surface area (Å²) in [6, 6.07) is 8.70. The van der Waals surface area contributed by atoms with E-state index in [1.54, 1.807) is 0 Å². The Morgan fingerprint density at radius 1 is 0.774 bits per heavy atom. The van der Waals surface area contributed by atoms with E-state index in [2.05, 4.69) is 0 Å². The minimum Gasteiger partial charge on any atom is -0.545 e. The molecule has 0 aliphatic heterocycles. The van der Waals surface area contributed by atoms with Crippen molar-refractivity contribution in [1.82, 2.24) is 0 Å². The first-order chi connectivity index (χ1) is 14.3. The summed E-state index contributed by atoms with van der Waals surface area (Å²) in [6.45, 7) is -1.12. The van der Waals surface area contributed by atoms with Crippen LogP contribution in [0.25, 0.3) is 12.2 Å². The maximum absolute atomic E-state index is 12.2. The molecule has 0 radical (unpaired) electrons. The van der Waals surface area contributed by atoms with Crippen molar-refractivity contribution in [2.24, 2.45) is 0 Å². The van der Waals surface area contributed by atoms with E-state index >= 15 is 0 Å². The zero-order chi connectivity index (χ0) is 22.5. The van der Waals surface area contributed by atoms with Crippen molar-refractivity contribution >= 4 is 24.1 Å². The van der Waals surface area contributed by atoms with Gasteiger partial charge in [0, 0.05) is 12.8 Å². The van der Waals surface area contributed by atoms with Gasteiger partial charge in [0.05, 0.1) is 25.3 Å². The molecule has 0 aliphatic carbocycles. The molecule has 0 aromatic heterocycles. The fraction of sp³-hybridized carbons (Fsp3) is 0.182.